The molecular weight excluding hydrogens is 518 g/mol. The summed E-state index contributed by atoms with van der Waals surface area (Å²) in [6, 6.07) is 23.8. The minimum atomic E-state index is -0.210. The summed E-state index contributed by atoms with van der Waals surface area (Å²) >= 11 is 6.36. The number of benzene rings is 3. The highest BCUT2D eigenvalue weighted by Gasteiger charge is 2.24. The molecule has 0 unspecified atom stereocenters. The average Bonchev–Trinajstić information content (AvgIpc) is 3.36. The summed E-state index contributed by atoms with van der Waals surface area (Å²) in [5.74, 6) is -0.283. The molecule has 4 aromatic rings. The number of hydrogen-bond donors (Lipinski definition) is 1. The minimum absolute atomic E-state index is 0.0119. The number of H-pyrrole nitrogens is 1. The molecule has 0 atom stereocenters. The van der Waals surface area contributed by atoms with E-state index in [-0.39, 0.29) is 23.8 Å². The zero-order chi connectivity index (χ0) is 28.7. The first kappa shape index (κ1) is 29.4. The van der Waals surface area contributed by atoms with E-state index >= 15 is 0 Å². The van der Waals surface area contributed by atoms with Crippen LogP contribution in [-0.4, -0.2) is 46.2 Å². The van der Waals surface area contributed by atoms with Gasteiger partial charge in [0.15, 0.2) is 0 Å². The number of halogens is 1. The van der Waals surface area contributed by atoms with E-state index in [0.717, 1.165) is 23.9 Å². The molecule has 210 valence electrons. The average molecular weight is 558 g/mol. The Kier molecular flexibility index (Phi) is 9.70. The summed E-state index contributed by atoms with van der Waals surface area (Å²) < 4.78 is 0. The van der Waals surface area contributed by atoms with Crippen LogP contribution in [0.5, 0.6) is 0 Å². The molecule has 4 rings (SSSR count). The topological polar surface area (TPSA) is 56.4 Å². The zero-order valence-electron chi connectivity index (χ0n) is 24.0. The number of rotatable bonds is 11. The van der Waals surface area contributed by atoms with Crippen LogP contribution in [0.3, 0.4) is 0 Å². The number of carbonyl (C=O) groups is 2. The fraction of sp³-hybridized carbons (Fsp3) is 0.353. The van der Waals surface area contributed by atoms with Crippen molar-refractivity contribution in [3.63, 3.8) is 0 Å². The van der Waals surface area contributed by atoms with Crippen molar-refractivity contribution in [1.82, 2.24) is 14.8 Å². The van der Waals surface area contributed by atoms with Crippen molar-refractivity contribution < 1.29 is 9.59 Å². The predicted molar refractivity (Wildman–Crippen MR) is 165 cm³/mol. The van der Waals surface area contributed by atoms with Gasteiger partial charge in [-0.15, -0.1) is 0 Å². The number of hydrogen-bond acceptors (Lipinski definition) is 2. The maximum Gasteiger partial charge on any atom is 0.255 e. The first-order valence-corrected chi connectivity index (χ1v) is 14.5. The van der Waals surface area contributed by atoms with Gasteiger partial charge in [0.25, 0.3) is 5.91 Å². The normalized spacial score (nSPS) is 11.5. The number of nitrogens with zero attached hydrogens (tertiary/aromatic N) is 2. The smallest absolute Gasteiger partial charge is 0.255 e. The summed E-state index contributed by atoms with van der Waals surface area (Å²) in [4.78, 5) is 34.2. The quantitative estimate of drug-likeness (QED) is 0.206. The third kappa shape index (κ3) is 7.33. The SMILES string of the molecule is CCCCN(CC(=O)N(CCc1c[nH]c2ccccc12)Cc1ccc(C(C)(C)C)cc1)C(=O)c1ccccc1Cl. The number of aromatic amines is 1. The molecule has 0 aliphatic heterocycles. The van der Waals surface area contributed by atoms with Gasteiger partial charge in [0.05, 0.1) is 10.6 Å². The van der Waals surface area contributed by atoms with E-state index in [1.807, 2.05) is 23.2 Å². The molecule has 1 heterocycles. The van der Waals surface area contributed by atoms with Gasteiger partial charge in [-0.25, -0.2) is 0 Å². The van der Waals surface area contributed by atoms with Gasteiger partial charge in [0.2, 0.25) is 5.91 Å². The van der Waals surface area contributed by atoms with Crippen molar-refractivity contribution in [2.75, 3.05) is 19.6 Å². The number of amides is 2. The molecule has 0 spiro atoms. The Labute approximate surface area is 243 Å². The maximum absolute atomic E-state index is 13.9. The highest BCUT2D eigenvalue weighted by atomic mass is 35.5. The summed E-state index contributed by atoms with van der Waals surface area (Å²) in [5, 5.41) is 1.57. The third-order valence-corrected chi connectivity index (χ3v) is 7.70. The van der Waals surface area contributed by atoms with E-state index in [9.17, 15) is 9.59 Å². The van der Waals surface area contributed by atoms with Crippen LogP contribution in [0.1, 0.15) is 67.6 Å². The molecule has 0 saturated carbocycles. The maximum atomic E-state index is 13.9. The fourth-order valence-electron chi connectivity index (χ4n) is 4.89. The molecule has 2 amide bonds. The Balaban J connectivity index is 1.57. The summed E-state index contributed by atoms with van der Waals surface area (Å²) in [6.45, 7) is 10.2. The molecule has 1 N–H and O–H groups in total. The van der Waals surface area contributed by atoms with Gasteiger partial charge in [0.1, 0.15) is 6.54 Å². The number of nitrogens with one attached hydrogen (secondary N) is 1. The van der Waals surface area contributed by atoms with E-state index in [0.29, 0.717) is 36.6 Å². The molecule has 1 aromatic heterocycles. The molecule has 0 saturated heterocycles. The number of aromatic nitrogens is 1. The lowest BCUT2D eigenvalue weighted by Gasteiger charge is -2.28. The molecule has 40 heavy (non-hydrogen) atoms. The fourth-order valence-corrected chi connectivity index (χ4v) is 5.10. The Bertz CT molecular complexity index is 1440. The van der Waals surface area contributed by atoms with Crippen LogP contribution in [0.2, 0.25) is 5.02 Å². The number of unbranched alkanes of at least 4 members (excludes halogenated alkanes) is 1. The Morgan fingerprint density at radius 1 is 0.875 bits per heavy atom. The van der Waals surface area contributed by atoms with Crippen LogP contribution in [0.25, 0.3) is 10.9 Å². The molecule has 3 aromatic carbocycles. The first-order chi connectivity index (χ1) is 19.2. The highest BCUT2D eigenvalue weighted by molar-refractivity contribution is 6.33. The molecule has 6 heteroatoms. The number of carbonyl (C=O) groups excluding carboxylic acids is 2. The standard InChI is InChI=1S/C34H40ClN3O2/c1-5-6-20-38(33(40)29-12-7-9-13-30(29)35)24-32(39)37(23-25-15-17-27(18-16-25)34(2,3)4)21-19-26-22-36-31-14-10-8-11-28(26)31/h7-18,22,36H,5-6,19-21,23-24H2,1-4H3. The largest absolute Gasteiger partial charge is 0.361 e. The Morgan fingerprint density at radius 3 is 2.27 bits per heavy atom. The van der Waals surface area contributed by atoms with Crippen molar-refractivity contribution in [2.45, 2.75) is 58.9 Å². The summed E-state index contributed by atoms with van der Waals surface area (Å²) in [6.07, 6.45) is 4.47. The lowest BCUT2D eigenvalue weighted by atomic mass is 9.87. The second-order valence-electron chi connectivity index (χ2n) is 11.4. The van der Waals surface area contributed by atoms with E-state index in [1.165, 1.54) is 16.5 Å². The minimum Gasteiger partial charge on any atom is -0.361 e. The van der Waals surface area contributed by atoms with Crippen molar-refractivity contribution in [2.24, 2.45) is 0 Å². The van der Waals surface area contributed by atoms with Crippen LogP contribution in [0.4, 0.5) is 0 Å². The van der Waals surface area contributed by atoms with Crippen LogP contribution in [-0.2, 0) is 23.2 Å². The molecular formula is C34H40ClN3O2. The van der Waals surface area contributed by atoms with Crippen molar-refractivity contribution in [3.8, 4) is 0 Å². The molecule has 0 radical (unpaired) electrons. The molecule has 0 fully saturated rings. The van der Waals surface area contributed by atoms with Gasteiger partial charge in [-0.3, -0.25) is 9.59 Å². The van der Waals surface area contributed by atoms with Gasteiger partial charge >= 0.3 is 0 Å². The van der Waals surface area contributed by atoms with Crippen LogP contribution in [0.15, 0.2) is 79.0 Å². The second kappa shape index (κ2) is 13.2. The highest BCUT2D eigenvalue weighted by Crippen LogP contribution is 2.24. The first-order valence-electron chi connectivity index (χ1n) is 14.1. The van der Waals surface area contributed by atoms with E-state index < -0.39 is 0 Å². The number of fused-ring (bicyclic) bond motifs is 1. The summed E-state index contributed by atoms with van der Waals surface area (Å²) in [5.41, 5.74) is 5.07. The predicted octanol–water partition coefficient (Wildman–Crippen LogP) is 7.63. The molecule has 0 bridgehead atoms. The zero-order valence-corrected chi connectivity index (χ0v) is 24.8. The van der Waals surface area contributed by atoms with Crippen molar-refractivity contribution in [3.05, 3.63) is 106 Å². The number of para-hydroxylation sites is 1. The van der Waals surface area contributed by atoms with Crippen molar-refractivity contribution >= 4 is 34.3 Å². The lowest BCUT2D eigenvalue weighted by Crippen LogP contribution is -2.43. The van der Waals surface area contributed by atoms with Gasteiger partial charge in [-0.1, -0.05) is 100 Å². The monoisotopic (exact) mass is 557 g/mol. The van der Waals surface area contributed by atoms with Crippen LogP contribution >= 0.6 is 11.6 Å². The molecule has 0 aliphatic rings. The van der Waals surface area contributed by atoms with E-state index in [4.69, 9.17) is 11.6 Å². The van der Waals surface area contributed by atoms with Gasteiger partial charge in [0, 0.05) is 36.7 Å². The second-order valence-corrected chi connectivity index (χ2v) is 11.8. The third-order valence-electron chi connectivity index (χ3n) is 7.37. The lowest BCUT2D eigenvalue weighted by molar-refractivity contribution is -0.132. The van der Waals surface area contributed by atoms with Gasteiger partial charge in [-0.05, 0) is 53.1 Å². The molecule has 5 nitrogen and oxygen atoms in total. The Hall–Kier alpha value is -3.57. The summed E-state index contributed by atoms with van der Waals surface area (Å²) in [7, 11) is 0. The van der Waals surface area contributed by atoms with E-state index in [2.05, 4.69) is 69.1 Å². The van der Waals surface area contributed by atoms with Gasteiger partial charge in [-0.2, -0.15) is 0 Å². The molecule has 0 aliphatic carbocycles. The van der Waals surface area contributed by atoms with Gasteiger partial charge < -0.3 is 14.8 Å². The van der Waals surface area contributed by atoms with E-state index in [1.54, 1.807) is 29.2 Å². The van der Waals surface area contributed by atoms with Crippen LogP contribution < -0.4 is 0 Å². The van der Waals surface area contributed by atoms with Crippen molar-refractivity contribution in [1.29, 1.82) is 0 Å². The van der Waals surface area contributed by atoms with Crippen LogP contribution in [0, 0.1) is 0 Å². The Morgan fingerprint density at radius 2 is 1.57 bits per heavy atom.